The molecule has 2 heterocycles. The Morgan fingerprint density at radius 1 is 0.970 bits per heavy atom. The Balaban J connectivity index is 1.46. The Labute approximate surface area is 190 Å². The van der Waals surface area contributed by atoms with E-state index >= 15 is 0 Å². The van der Waals surface area contributed by atoms with Gasteiger partial charge in [-0.05, 0) is 48.0 Å². The lowest BCUT2D eigenvalue weighted by Gasteiger charge is -2.09. The molecular weight excluding hydrogens is 416 g/mol. The van der Waals surface area contributed by atoms with Gasteiger partial charge in [0.25, 0.3) is 0 Å². The van der Waals surface area contributed by atoms with Crippen LogP contribution in [-0.4, -0.2) is 28.2 Å². The van der Waals surface area contributed by atoms with Gasteiger partial charge in [-0.3, -0.25) is 0 Å². The van der Waals surface area contributed by atoms with Crippen molar-refractivity contribution >= 4 is 28.4 Å². The molecule has 33 heavy (non-hydrogen) atoms. The van der Waals surface area contributed by atoms with Crippen molar-refractivity contribution in [2.45, 2.75) is 6.92 Å². The lowest BCUT2D eigenvalue weighted by Crippen LogP contribution is -2.01. The summed E-state index contributed by atoms with van der Waals surface area (Å²) in [4.78, 5) is 20.8. The molecule has 0 amide bonds. The number of anilines is 2. The number of rotatable bonds is 5. The highest BCUT2D eigenvalue weighted by molar-refractivity contribution is 5.96. The summed E-state index contributed by atoms with van der Waals surface area (Å²) in [6.07, 6.45) is 1.70. The molecule has 0 saturated heterocycles. The normalized spacial score (nSPS) is 10.8. The van der Waals surface area contributed by atoms with Crippen LogP contribution in [0.5, 0.6) is 0 Å². The van der Waals surface area contributed by atoms with Crippen LogP contribution in [0.3, 0.4) is 0 Å². The van der Waals surface area contributed by atoms with Crippen molar-refractivity contribution in [2.24, 2.45) is 0 Å². The van der Waals surface area contributed by atoms with E-state index < -0.39 is 0 Å². The first-order chi connectivity index (χ1) is 16.1. The number of esters is 1. The van der Waals surface area contributed by atoms with Gasteiger partial charge < -0.3 is 14.6 Å². The third-order valence-corrected chi connectivity index (χ3v) is 5.33. The number of nitrogens with zero attached hydrogens (tertiary/aromatic N) is 3. The van der Waals surface area contributed by atoms with Crippen molar-refractivity contribution in [3.05, 3.63) is 90.3 Å². The van der Waals surface area contributed by atoms with Crippen molar-refractivity contribution < 1.29 is 14.1 Å². The summed E-state index contributed by atoms with van der Waals surface area (Å²) in [6.45, 7) is 1.90. The fraction of sp³-hybridized carbons (Fsp3) is 0.0769. The summed E-state index contributed by atoms with van der Waals surface area (Å²) in [5.74, 6) is 0.769. The Bertz CT molecular complexity index is 1460. The van der Waals surface area contributed by atoms with E-state index in [1.54, 1.807) is 12.3 Å². The van der Waals surface area contributed by atoms with Gasteiger partial charge in [0, 0.05) is 17.4 Å². The highest BCUT2D eigenvalue weighted by Gasteiger charge is 2.18. The summed E-state index contributed by atoms with van der Waals surface area (Å²) >= 11 is 0. The average molecular weight is 436 g/mol. The van der Waals surface area contributed by atoms with Crippen LogP contribution in [0.1, 0.15) is 16.1 Å². The van der Waals surface area contributed by atoms with Crippen molar-refractivity contribution in [3.63, 3.8) is 0 Å². The maximum Gasteiger partial charge on any atom is 0.337 e. The topological polar surface area (TPSA) is 90.1 Å². The Morgan fingerprint density at radius 2 is 1.76 bits per heavy atom. The zero-order chi connectivity index (χ0) is 22.8. The number of methoxy groups -OCH3 is 1. The van der Waals surface area contributed by atoms with E-state index in [-0.39, 0.29) is 5.97 Å². The molecule has 0 unspecified atom stereocenters. The molecule has 0 bridgehead atoms. The third kappa shape index (κ3) is 4.04. The molecule has 5 rings (SSSR count). The Hall–Kier alpha value is -4.52. The van der Waals surface area contributed by atoms with Crippen molar-refractivity contribution in [1.82, 2.24) is 15.1 Å². The number of hydrogen-bond acceptors (Lipinski definition) is 7. The molecule has 0 aliphatic heterocycles. The molecule has 0 aliphatic carbocycles. The number of carbonyl (C=O) groups is 1. The van der Waals surface area contributed by atoms with Crippen molar-refractivity contribution in [2.75, 3.05) is 12.4 Å². The lowest BCUT2D eigenvalue weighted by atomic mass is 10.0. The molecule has 0 spiro atoms. The first-order valence-electron chi connectivity index (χ1n) is 10.4. The van der Waals surface area contributed by atoms with Crippen LogP contribution in [0.15, 0.2) is 83.5 Å². The maximum atomic E-state index is 11.8. The van der Waals surface area contributed by atoms with Gasteiger partial charge in [-0.25, -0.2) is 14.8 Å². The van der Waals surface area contributed by atoms with Crippen molar-refractivity contribution in [3.8, 4) is 22.6 Å². The number of carbonyl (C=O) groups excluding carboxylic acids is 1. The van der Waals surface area contributed by atoms with Crippen LogP contribution in [0.2, 0.25) is 0 Å². The van der Waals surface area contributed by atoms with Crippen LogP contribution in [-0.2, 0) is 4.74 Å². The predicted molar refractivity (Wildman–Crippen MR) is 126 cm³/mol. The van der Waals surface area contributed by atoms with E-state index in [1.807, 2.05) is 73.7 Å². The molecule has 3 aromatic carbocycles. The standard InChI is InChI=1S/C26H20N4O3/c1-16-23(24(33-30-16)17-6-4-3-5-7-17)22-12-13-27-26(29-22)28-21-11-10-18-14-20(25(31)32-2)9-8-19(18)15-21/h3-15H,1-2H3,(H,27,28,29). The molecule has 7 heteroatoms. The monoisotopic (exact) mass is 436 g/mol. The van der Waals surface area contributed by atoms with Gasteiger partial charge in [-0.2, -0.15) is 0 Å². The summed E-state index contributed by atoms with van der Waals surface area (Å²) in [5.41, 5.74) is 4.58. The van der Waals surface area contributed by atoms with Crippen LogP contribution in [0.25, 0.3) is 33.4 Å². The molecular formula is C26H20N4O3. The van der Waals surface area contributed by atoms with Gasteiger partial charge in [0.2, 0.25) is 5.95 Å². The summed E-state index contributed by atoms with van der Waals surface area (Å²) in [6, 6.07) is 22.9. The summed E-state index contributed by atoms with van der Waals surface area (Å²) in [7, 11) is 1.37. The SMILES string of the molecule is COC(=O)c1ccc2cc(Nc3nccc(-c4c(C)noc4-c4ccccc4)n3)ccc2c1. The lowest BCUT2D eigenvalue weighted by molar-refractivity contribution is 0.0601. The third-order valence-electron chi connectivity index (χ3n) is 5.33. The molecule has 1 N–H and O–H groups in total. The summed E-state index contributed by atoms with van der Waals surface area (Å²) in [5, 5.41) is 9.33. The van der Waals surface area contributed by atoms with Crippen molar-refractivity contribution in [1.29, 1.82) is 0 Å². The van der Waals surface area contributed by atoms with Gasteiger partial charge in [0.15, 0.2) is 5.76 Å². The van der Waals surface area contributed by atoms with Gasteiger partial charge in [0.1, 0.15) is 0 Å². The maximum absolute atomic E-state index is 11.8. The Morgan fingerprint density at radius 3 is 2.58 bits per heavy atom. The largest absolute Gasteiger partial charge is 0.465 e. The van der Waals surface area contributed by atoms with Gasteiger partial charge >= 0.3 is 5.97 Å². The number of benzene rings is 3. The van der Waals surface area contributed by atoms with Crippen LogP contribution < -0.4 is 5.32 Å². The number of hydrogen-bond donors (Lipinski definition) is 1. The smallest absolute Gasteiger partial charge is 0.337 e. The van der Waals surface area contributed by atoms with Gasteiger partial charge in [-0.15, -0.1) is 0 Å². The number of fused-ring (bicyclic) bond motifs is 1. The molecule has 2 aromatic heterocycles. The first-order valence-corrected chi connectivity index (χ1v) is 10.4. The minimum absolute atomic E-state index is 0.358. The zero-order valence-corrected chi connectivity index (χ0v) is 18.1. The fourth-order valence-corrected chi connectivity index (χ4v) is 3.71. The molecule has 5 aromatic rings. The second kappa shape index (κ2) is 8.55. The quantitative estimate of drug-likeness (QED) is 0.349. The van der Waals surface area contributed by atoms with E-state index in [4.69, 9.17) is 14.2 Å². The van der Waals surface area contributed by atoms with Crippen LogP contribution in [0.4, 0.5) is 11.6 Å². The fourth-order valence-electron chi connectivity index (χ4n) is 3.71. The summed E-state index contributed by atoms with van der Waals surface area (Å²) < 4.78 is 10.4. The van der Waals surface area contributed by atoms with E-state index in [9.17, 15) is 4.79 Å². The van der Waals surface area contributed by atoms with E-state index in [2.05, 4.69) is 15.5 Å². The predicted octanol–water partition coefficient (Wildman–Crippen LogP) is 5.79. The molecule has 7 nitrogen and oxygen atoms in total. The first kappa shape index (κ1) is 20.4. The highest BCUT2D eigenvalue weighted by Crippen LogP contribution is 2.34. The van der Waals surface area contributed by atoms with Crippen LogP contribution >= 0.6 is 0 Å². The van der Waals surface area contributed by atoms with Gasteiger partial charge in [0.05, 0.1) is 29.6 Å². The second-order valence-electron chi connectivity index (χ2n) is 7.50. The Kier molecular flexibility index (Phi) is 5.28. The second-order valence-corrected chi connectivity index (χ2v) is 7.50. The van der Waals surface area contributed by atoms with Crippen LogP contribution in [0, 0.1) is 6.92 Å². The number of aromatic nitrogens is 3. The van der Waals surface area contributed by atoms with E-state index in [1.165, 1.54) is 7.11 Å². The van der Waals surface area contributed by atoms with E-state index in [0.717, 1.165) is 33.3 Å². The van der Waals surface area contributed by atoms with E-state index in [0.29, 0.717) is 23.0 Å². The number of nitrogens with one attached hydrogen (secondary N) is 1. The number of aryl methyl sites for hydroxylation is 1. The van der Waals surface area contributed by atoms with Gasteiger partial charge in [-0.1, -0.05) is 47.6 Å². The number of ether oxygens (including phenoxy) is 1. The molecule has 162 valence electrons. The minimum atomic E-state index is -0.358. The average Bonchev–Trinajstić information content (AvgIpc) is 3.25. The molecule has 0 atom stereocenters. The minimum Gasteiger partial charge on any atom is -0.465 e. The molecule has 0 fully saturated rings. The molecule has 0 saturated carbocycles. The molecule has 0 radical (unpaired) electrons. The zero-order valence-electron chi connectivity index (χ0n) is 18.1. The highest BCUT2D eigenvalue weighted by atomic mass is 16.5. The molecule has 0 aliphatic rings.